The van der Waals surface area contributed by atoms with E-state index in [-0.39, 0.29) is 0 Å². The highest BCUT2D eigenvalue weighted by Gasteiger charge is 2.31. The van der Waals surface area contributed by atoms with E-state index >= 15 is 0 Å². The van der Waals surface area contributed by atoms with Crippen molar-refractivity contribution in [3.63, 3.8) is 0 Å². The lowest BCUT2D eigenvalue weighted by Gasteiger charge is -2.36. The van der Waals surface area contributed by atoms with Crippen molar-refractivity contribution in [2.45, 2.75) is 38.7 Å². The van der Waals surface area contributed by atoms with Gasteiger partial charge in [-0.15, -0.1) is 11.3 Å². The normalized spacial score (nSPS) is 24.0. The van der Waals surface area contributed by atoms with Crippen LogP contribution >= 0.6 is 11.3 Å². The summed E-state index contributed by atoms with van der Waals surface area (Å²) in [6.45, 7) is 6.81. The zero-order chi connectivity index (χ0) is 15.9. The van der Waals surface area contributed by atoms with Gasteiger partial charge in [-0.25, -0.2) is 4.98 Å². The fourth-order valence-corrected chi connectivity index (χ4v) is 3.68. The topological polar surface area (TPSA) is 28.2 Å². The first-order valence-corrected chi connectivity index (χ1v) is 8.08. The number of aromatic nitrogens is 1. The molecule has 0 aliphatic carbocycles. The lowest BCUT2D eigenvalue weighted by Crippen LogP contribution is -2.53. The van der Waals surface area contributed by atoms with Crippen LogP contribution in [0.15, 0.2) is 18.2 Å². The van der Waals surface area contributed by atoms with E-state index in [0.717, 1.165) is 34.9 Å². The summed E-state index contributed by atoms with van der Waals surface area (Å²) in [5.74, 6) is 0. The Bertz CT molecular complexity index is 668. The van der Waals surface area contributed by atoms with Gasteiger partial charge in [0.15, 0.2) is 0 Å². The molecule has 2 heterocycles. The van der Waals surface area contributed by atoms with Crippen molar-refractivity contribution >= 4 is 21.6 Å². The first-order chi connectivity index (χ1) is 10.3. The predicted octanol–water partition coefficient (Wildman–Crippen LogP) is 3.50. The van der Waals surface area contributed by atoms with Crippen LogP contribution in [-0.2, 0) is 12.7 Å². The Kier molecular flexibility index (Phi) is 4.13. The van der Waals surface area contributed by atoms with Crippen LogP contribution in [0.25, 0.3) is 10.2 Å². The number of halogens is 3. The van der Waals surface area contributed by atoms with Crippen LogP contribution in [0.4, 0.5) is 13.2 Å². The highest BCUT2D eigenvalue weighted by molar-refractivity contribution is 7.18. The summed E-state index contributed by atoms with van der Waals surface area (Å²) >= 11 is 1.47. The lowest BCUT2D eigenvalue weighted by molar-refractivity contribution is -0.137. The molecule has 0 spiro atoms. The molecular weight excluding hydrogens is 311 g/mol. The van der Waals surface area contributed by atoms with Crippen LogP contribution in [0.3, 0.4) is 0 Å². The molecule has 1 aromatic heterocycles. The van der Waals surface area contributed by atoms with Crippen molar-refractivity contribution < 1.29 is 13.2 Å². The summed E-state index contributed by atoms with van der Waals surface area (Å²) in [4.78, 5) is 6.72. The Hall–Kier alpha value is -1.18. The van der Waals surface area contributed by atoms with E-state index in [9.17, 15) is 13.2 Å². The highest BCUT2D eigenvalue weighted by Crippen LogP contribution is 2.33. The third-order valence-electron chi connectivity index (χ3n) is 3.99. The number of piperazine rings is 1. The van der Waals surface area contributed by atoms with Crippen molar-refractivity contribution in [2.75, 3.05) is 13.1 Å². The maximum Gasteiger partial charge on any atom is 0.416 e. The molecule has 2 aromatic rings. The minimum absolute atomic E-state index is 0.397. The fourth-order valence-electron chi connectivity index (χ4n) is 2.71. The molecule has 1 N–H and O–H groups in total. The summed E-state index contributed by atoms with van der Waals surface area (Å²) in [6.07, 6.45) is -4.32. The van der Waals surface area contributed by atoms with Gasteiger partial charge in [0.1, 0.15) is 5.01 Å². The monoisotopic (exact) mass is 329 g/mol. The molecule has 0 amide bonds. The van der Waals surface area contributed by atoms with Gasteiger partial charge in [-0.2, -0.15) is 13.2 Å². The SMILES string of the molecule is CC1CN(Cc2nc3cc(C(F)(F)F)ccc3s2)C(C)CN1. The third kappa shape index (κ3) is 3.26. The van der Waals surface area contributed by atoms with Crippen LogP contribution in [0.5, 0.6) is 0 Å². The molecular formula is C15H18F3N3S. The van der Waals surface area contributed by atoms with Gasteiger partial charge in [0.2, 0.25) is 0 Å². The van der Waals surface area contributed by atoms with E-state index in [1.807, 2.05) is 0 Å². The van der Waals surface area contributed by atoms with Crippen LogP contribution in [0.1, 0.15) is 24.4 Å². The van der Waals surface area contributed by atoms with E-state index in [0.29, 0.717) is 24.1 Å². The first kappa shape index (κ1) is 15.7. The minimum atomic E-state index is -4.32. The Morgan fingerprint density at radius 1 is 1.36 bits per heavy atom. The average molecular weight is 329 g/mol. The molecule has 1 saturated heterocycles. The Balaban J connectivity index is 1.83. The van der Waals surface area contributed by atoms with E-state index < -0.39 is 11.7 Å². The smallest absolute Gasteiger partial charge is 0.311 e. The zero-order valence-corrected chi connectivity index (χ0v) is 13.3. The standard InChI is InChI=1S/C15H18F3N3S/c1-9-7-21(10(2)6-19-9)8-14-20-12-5-11(15(16,17)18)3-4-13(12)22-14/h3-5,9-10,19H,6-8H2,1-2H3. The van der Waals surface area contributed by atoms with Crippen LogP contribution < -0.4 is 5.32 Å². The Morgan fingerprint density at radius 3 is 2.86 bits per heavy atom. The lowest BCUT2D eigenvalue weighted by atomic mass is 10.1. The number of nitrogens with one attached hydrogen (secondary N) is 1. The molecule has 0 saturated carbocycles. The van der Waals surface area contributed by atoms with Crippen molar-refractivity contribution in [1.82, 2.24) is 15.2 Å². The highest BCUT2D eigenvalue weighted by atomic mass is 32.1. The summed E-state index contributed by atoms with van der Waals surface area (Å²) in [5, 5.41) is 4.29. The summed E-state index contributed by atoms with van der Waals surface area (Å²) in [6, 6.07) is 4.60. The molecule has 1 aromatic carbocycles. The molecule has 0 radical (unpaired) electrons. The molecule has 3 rings (SSSR count). The van der Waals surface area contributed by atoms with Crippen molar-refractivity contribution in [3.05, 3.63) is 28.8 Å². The zero-order valence-electron chi connectivity index (χ0n) is 12.4. The Labute approximate surface area is 131 Å². The van der Waals surface area contributed by atoms with Crippen molar-refractivity contribution in [2.24, 2.45) is 0 Å². The molecule has 0 bridgehead atoms. The number of nitrogens with zero attached hydrogens (tertiary/aromatic N) is 2. The maximum absolute atomic E-state index is 12.8. The molecule has 7 heteroatoms. The average Bonchev–Trinajstić information content (AvgIpc) is 2.83. The first-order valence-electron chi connectivity index (χ1n) is 7.27. The van der Waals surface area contributed by atoms with E-state index in [2.05, 4.69) is 29.0 Å². The van der Waals surface area contributed by atoms with Crippen molar-refractivity contribution in [1.29, 1.82) is 0 Å². The molecule has 1 fully saturated rings. The number of hydrogen-bond donors (Lipinski definition) is 1. The number of alkyl halides is 3. The number of fused-ring (bicyclic) bond motifs is 1. The predicted molar refractivity (Wildman–Crippen MR) is 82.0 cm³/mol. The molecule has 22 heavy (non-hydrogen) atoms. The molecule has 3 nitrogen and oxygen atoms in total. The van der Waals surface area contributed by atoms with Gasteiger partial charge in [0.25, 0.3) is 0 Å². The molecule has 1 aliphatic heterocycles. The van der Waals surface area contributed by atoms with Gasteiger partial charge in [-0.3, -0.25) is 4.90 Å². The van der Waals surface area contributed by atoms with Gasteiger partial charge in [0, 0.05) is 25.2 Å². The number of benzene rings is 1. The van der Waals surface area contributed by atoms with E-state index in [1.54, 1.807) is 0 Å². The van der Waals surface area contributed by atoms with Gasteiger partial charge in [-0.05, 0) is 32.0 Å². The van der Waals surface area contributed by atoms with Crippen LogP contribution in [0, 0.1) is 0 Å². The quantitative estimate of drug-likeness (QED) is 0.914. The third-order valence-corrected chi connectivity index (χ3v) is 5.01. The number of hydrogen-bond acceptors (Lipinski definition) is 4. The minimum Gasteiger partial charge on any atom is -0.311 e. The summed E-state index contributed by atoms with van der Waals surface area (Å²) in [5.41, 5.74) is -0.202. The van der Waals surface area contributed by atoms with Gasteiger partial charge < -0.3 is 5.32 Å². The second-order valence-corrected chi connectivity index (χ2v) is 6.99. The Morgan fingerprint density at radius 2 is 2.14 bits per heavy atom. The van der Waals surface area contributed by atoms with Crippen molar-refractivity contribution in [3.8, 4) is 0 Å². The van der Waals surface area contributed by atoms with E-state index in [4.69, 9.17) is 0 Å². The molecule has 1 aliphatic rings. The largest absolute Gasteiger partial charge is 0.416 e. The molecule has 2 atom stereocenters. The number of thiazole rings is 1. The van der Waals surface area contributed by atoms with Crippen LogP contribution in [-0.4, -0.2) is 35.1 Å². The second kappa shape index (κ2) is 5.79. The second-order valence-electron chi connectivity index (χ2n) is 5.88. The maximum atomic E-state index is 12.8. The summed E-state index contributed by atoms with van der Waals surface area (Å²) < 4.78 is 39.1. The fraction of sp³-hybridized carbons (Fsp3) is 0.533. The number of rotatable bonds is 2. The van der Waals surface area contributed by atoms with E-state index in [1.165, 1.54) is 17.4 Å². The van der Waals surface area contributed by atoms with Crippen LogP contribution in [0.2, 0.25) is 0 Å². The molecule has 120 valence electrons. The molecule has 2 unspecified atom stereocenters. The van der Waals surface area contributed by atoms with Gasteiger partial charge >= 0.3 is 6.18 Å². The van der Waals surface area contributed by atoms with Gasteiger partial charge in [0.05, 0.1) is 22.3 Å². The summed E-state index contributed by atoms with van der Waals surface area (Å²) in [7, 11) is 0. The van der Waals surface area contributed by atoms with Gasteiger partial charge in [-0.1, -0.05) is 0 Å².